The first kappa shape index (κ1) is 12.3. The van der Waals surface area contributed by atoms with E-state index < -0.39 is 13.7 Å². The molecule has 0 aliphatic rings. The van der Waals surface area contributed by atoms with Crippen molar-refractivity contribution in [2.45, 2.75) is 0 Å². The molecule has 1 N–H and O–H groups in total. The van der Waals surface area contributed by atoms with Crippen molar-refractivity contribution in [3.05, 3.63) is 30.3 Å². The summed E-state index contributed by atoms with van der Waals surface area (Å²) < 4.78 is 19.2. The van der Waals surface area contributed by atoms with Crippen LogP contribution in [0.3, 0.4) is 0 Å². The molecule has 2 unspecified atom stereocenters. The quantitative estimate of drug-likeness (QED) is 0.379. The fourth-order valence-electron chi connectivity index (χ4n) is 0.733. The Labute approximate surface area is 92.4 Å². The highest BCUT2D eigenvalue weighted by molar-refractivity contribution is 8.39. The second kappa shape index (κ2) is 5.33. The van der Waals surface area contributed by atoms with Crippen molar-refractivity contribution in [3.63, 3.8) is 0 Å². The molecule has 0 aliphatic carbocycles. The van der Waals surface area contributed by atoms with Gasteiger partial charge in [-0.25, -0.2) is 0 Å². The number of hydrogen-bond donors (Lipinski definition) is 2. The van der Waals surface area contributed by atoms with Crippen LogP contribution < -0.4 is 5.30 Å². The summed E-state index contributed by atoms with van der Waals surface area (Å²) in [6.45, 7) is -3.22. The molecule has 0 saturated carbocycles. The first-order valence-electron chi connectivity index (χ1n) is 3.43. The van der Waals surface area contributed by atoms with Gasteiger partial charge in [0.1, 0.15) is 12.2 Å². The average molecular weight is 269 g/mol. The molecule has 76 valence electrons. The zero-order valence-corrected chi connectivity index (χ0v) is 10.3. The molecule has 8 heteroatoms. The third kappa shape index (κ3) is 3.75. The predicted molar refractivity (Wildman–Crippen MR) is 61.3 cm³/mol. The Morgan fingerprint density at radius 2 is 2.00 bits per heavy atom. The van der Waals surface area contributed by atoms with Gasteiger partial charge in [-0.3, -0.25) is 0 Å². The topological polar surface area (TPSA) is 55.8 Å². The fraction of sp³-hybridized carbons (Fsp3) is 0. The molecule has 0 fully saturated rings. The summed E-state index contributed by atoms with van der Waals surface area (Å²) in [5, 5.41) is 0.431. The van der Waals surface area contributed by atoms with Crippen molar-refractivity contribution in [1.29, 1.82) is 0 Å². The molecule has 0 heterocycles. The third-order valence-electron chi connectivity index (χ3n) is 1.28. The third-order valence-corrected chi connectivity index (χ3v) is 3.84. The van der Waals surface area contributed by atoms with Crippen LogP contribution in [0.25, 0.3) is 0 Å². The van der Waals surface area contributed by atoms with Crippen molar-refractivity contribution in [1.82, 2.24) is 0 Å². The fourth-order valence-corrected chi connectivity index (χ4v) is 2.84. The van der Waals surface area contributed by atoms with Crippen LogP contribution in [-0.4, -0.2) is 4.89 Å². The van der Waals surface area contributed by atoms with E-state index in [0.29, 0.717) is 5.30 Å². The van der Waals surface area contributed by atoms with Crippen LogP contribution in [0.1, 0.15) is 0 Å². The summed E-state index contributed by atoms with van der Waals surface area (Å²) in [6, 6.07) is 8.40. The molecule has 0 spiro atoms. The molecular weight excluding hydrogens is 262 g/mol. The molecule has 0 aromatic heterocycles. The largest absolute Gasteiger partial charge is 0.613 e. The first-order chi connectivity index (χ1) is 6.52. The van der Waals surface area contributed by atoms with Gasteiger partial charge >= 0.3 is 7.23 Å². The second-order valence-corrected chi connectivity index (χ2v) is 7.04. The van der Waals surface area contributed by atoms with Crippen molar-refractivity contribution < 1.29 is 18.8 Å². The van der Waals surface area contributed by atoms with Crippen molar-refractivity contribution in [2.24, 2.45) is 0 Å². The lowest BCUT2D eigenvalue weighted by molar-refractivity contribution is -0.0848. The van der Waals surface area contributed by atoms with Gasteiger partial charge in [-0.05, 0) is 28.5 Å². The van der Waals surface area contributed by atoms with E-state index in [0.717, 1.165) is 0 Å². The maximum atomic E-state index is 10.4. The van der Waals surface area contributed by atoms with E-state index in [-0.39, 0.29) is 0 Å². The van der Waals surface area contributed by atoms with E-state index in [1.54, 1.807) is 30.3 Å². The monoisotopic (exact) mass is 269 g/mol. The van der Waals surface area contributed by atoms with Crippen LogP contribution in [0.15, 0.2) is 30.3 Å². The first-order valence-corrected chi connectivity index (χ1v) is 8.43. The van der Waals surface area contributed by atoms with Crippen LogP contribution in [-0.2, 0) is 25.7 Å². The number of benzene rings is 1. The van der Waals surface area contributed by atoms with Gasteiger partial charge in [-0.2, -0.15) is 0 Å². The highest BCUT2D eigenvalue weighted by atomic mass is 32.7. The molecule has 2 atom stereocenters. The Balaban J connectivity index is 2.76. The maximum Gasteiger partial charge on any atom is 0.613 e. The van der Waals surface area contributed by atoms with Crippen LogP contribution in [0, 0.1) is 0 Å². The molecule has 0 amide bonds. The smallest absolute Gasteiger partial charge is 0.340 e. The van der Waals surface area contributed by atoms with Crippen molar-refractivity contribution >= 4 is 43.1 Å². The van der Waals surface area contributed by atoms with Crippen molar-refractivity contribution in [2.75, 3.05) is 0 Å². The Kier molecular flexibility index (Phi) is 4.67. The molecule has 4 nitrogen and oxygen atoms in total. The molecule has 14 heavy (non-hydrogen) atoms. The maximum absolute atomic E-state index is 10.4. The molecule has 1 aromatic rings. The summed E-state index contributed by atoms with van der Waals surface area (Å²) >= 11 is 8.23. The normalized spacial score (nSPS) is 16.0. The van der Waals surface area contributed by atoms with E-state index in [4.69, 9.17) is 11.8 Å². The summed E-state index contributed by atoms with van der Waals surface area (Å²) in [4.78, 5) is 9.65. The van der Waals surface area contributed by atoms with Gasteiger partial charge in [0.05, 0.1) is 0 Å². The lowest BCUT2D eigenvalue weighted by Crippen LogP contribution is -2.04. The zero-order valence-electron chi connectivity index (χ0n) is 6.81. The standard InChI is InChI=1S/C6H6O4P2S2/c7-11(13)9-10-12(8,14)6-4-2-1-3-5-6/h1-5H,(H-,7,8,13,14)/p+1. The summed E-state index contributed by atoms with van der Waals surface area (Å²) in [7, 11) is -2.23. The minimum atomic E-state index is -3.22. The van der Waals surface area contributed by atoms with Gasteiger partial charge in [0, 0.05) is 9.98 Å². The molecule has 1 rings (SSSR count). The molecule has 0 radical (unpaired) electrons. The average Bonchev–Trinajstić information content (AvgIpc) is 2.16. The number of rotatable bonds is 4. The lowest BCUT2D eigenvalue weighted by atomic mass is 10.4. The van der Waals surface area contributed by atoms with Crippen LogP contribution in [0.5, 0.6) is 0 Å². The van der Waals surface area contributed by atoms with E-state index in [2.05, 4.69) is 21.6 Å². The number of hydrogen-bond acceptors (Lipinski definition) is 4. The number of thiol groups is 1. The molecule has 0 aliphatic heterocycles. The molecule has 1 aromatic carbocycles. The zero-order chi connectivity index (χ0) is 10.6. The molecular formula is C6H7O4P2S2+. The SMILES string of the molecule is O=[P+](S)OOP(O)(=S)c1ccccc1. The highest BCUT2D eigenvalue weighted by Crippen LogP contribution is 2.45. The van der Waals surface area contributed by atoms with Gasteiger partial charge in [0.2, 0.25) is 0 Å². The van der Waals surface area contributed by atoms with Crippen LogP contribution in [0.4, 0.5) is 0 Å². The van der Waals surface area contributed by atoms with Gasteiger partial charge in [-0.1, -0.05) is 18.2 Å². The summed E-state index contributed by atoms with van der Waals surface area (Å²) in [5.74, 6) is 0. The Morgan fingerprint density at radius 1 is 1.43 bits per heavy atom. The molecule has 0 bridgehead atoms. The Morgan fingerprint density at radius 3 is 2.50 bits per heavy atom. The lowest BCUT2D eigenvalue weighted by Gasteiger charge is -2.09. The minimum Gasteiger partial charge on any atom is -0.340 e. The highest BCUT2D eigenvalue weighted by Gasteiger charge is 2.24. The van der Waals surface area contributed by atoms with E-state index >= 15 is 0 Å². The van der Waals surface area contributed by atoms with Crippen LogP contribution in [0.2, 0.25) is 0 Å². The van der Waals surface area contributed by atoms with Gasteiger partial charge < -0.3 is 4.89 Å². The Hall–Kier alpha value is 0.200. The van der Waals surface area contributed by atoms with Gasteiger partial charge in [0.25, 0.3) is 6.49 Å². The van der Waals surface area contributed by atoms with Crippen molar-refractivity contribution in [3.8, 4) is 0 Å². The van der Waals surface area contributed by atoms with E-state index in [1.807, 2.05) is 0 Å². The van der Waals surface area contributed by atoms with E-state index in [1.165, 1.54) is 0 Å². The molecule has 0 saturated heterocycles. The summed E-state index contributed by atoms with van der Waals surface area (Å²) in [5.41, 5.74) is 0. The summed E-state index contributed by atoms with van der Waals surface area (Å²) in [6.07, 6.45) is 0. The second-order valence-electron chi connectivity index (χ2n) is 2.24. The predicted octanol–water partition coefficient (Wildman–Crippen LogP) is 2.15. The van der Waals surface area contributed by atoms with Gasteiger partial charge in [-0.15, -0.1) is 4.67 Å². The van der Waals surface area contributed by atoms with Crippen LogP contribution >= 0.6 is 26.0 Å². The minimum absolute atomic E-state index is 0.431. The Bertz CT molecular complexity index is 369. The van der Waals surface area contributed by atoms with Gasteiger partial charge in [0.15, 0.2) is 0 Å². The van der Waals surface area contributed by atoms with E-state index in [9.17, 15) is 9.46 Å².